The lowest BCUT2D eigenvalue weighted by Crippen LogP contribution is -2.33. The maximum Gasteiger partial charge on any atom is 0.244 e. The molecule has 4 N–H and O–H groups in total. The second kappa shape index (κ2) is 4.58. The van der Waals surface area contributed by atoms with Crippen molar-refractivity contribution in [1.29, 1.82) is 0 Å². The highest BCUT2D eigenvalue weighted by Gasteiger charge is 2.32. The van der Waals surface area contributed by atoms with Crippen molar-refractivity contribution >= 4 is 11.6 Å². The summed E-state index contributed by atoms with van der Waals surface area (Å²) in [7, 11) is 0. The maximum absolute atomic E-state index is 12.0. The van der Waals surface area contributed by atoms with Gasteiger partial charge in [-0.25, -0.2) is 0 Å². The standard InChI is InChI=1S/C11H18N4O3/c1-6-11(12)7(2)15(13-6)5-10(18)14-3-8(16)9(17)4-14/h8-9,16-17H,3-5,12H2,1-2H3. The van der Waals surface area contributed by atoms with Gasteiger partial charge < -0.3 is 20.8 Å². The van der Waals surface area contributed by atoms with Gasteiger partial charge in [-0.2, -0.15) is 5.10 Å². The van der Waals surface area contributed by atoms with Crippen molar-refractivity contribution in [2.75, 3.05) is 18.8 Å². The summed E-state index contributed by atoms with van der Waals surface area (Å²) < 4.78 is 1.55. The van der Waals surface area contributed by atoms with Gasteiger partial charge in [-0.15, -0.1) is 0 Å². The van der Waals surface area contributed by atoms with E-state index in [0.717, 1.165) is 5.69 Å². The van der Waals surface area contributed by atoms with E-state index in [0.29, 0.717) is 11.4 Å². The number of hydrogen-bond donors (Lipinski definition) is 3. The third kappa shape index (κ3) is 2.19. The van der Waals surface area contributed by atoms with Crippen LogP contribution in [0, 0.1) is 13.8 Å². The van der Waals surface area contributed by atoms with Gasteiger partial charge in [-0.05, 0) is 13.8 Å². The van der Waals surface area contributed by atoms with Crippen molar-refractivity contribution in [3.05, 3.63) is 11.4 Å². The second-order valence-corrected chi connectivity index (χ2v) is 4.68. The molecule has 2 unspecified atom stereocenters. The van der Waals surface area contributed by atoms with Gasteiger partial charge >= 0.3 is 0 Å². The summed E-state index contributed by atoms with van der Waals surface area (Å²) in [5.74, 6) is -0.184. The quantitative estimate of drug-likeness (QED) is 0.605. The van der Waals surface area contributed by atoms with Crippen molar-refractivity contribution in [3.8, 4) is 0 Å². The van der Waals surface area contributed by atoms with Crippen LogP contribution in [-0.4, -0.2) is 56.1 Å². The molecule has 1 aliphatic heterocycles. The minimum atomic E-state index is -0.862. The fourth-order valence-electron chi connectivity index (χ4n) is 2.07. The molecule has 1 aromatic heterocycles. The van der Waals surface area contributed by atoms with E-state index in [1.807, 2.05) is 0 Å². The Morgan fingerprint density at radius 3 is 2.39 bits per heavy atom. The molecular weight excluding hydrogens is 236 g/mol. The molecule has 0 saturated carbocycles. The summed E-state index contributed by atoms with van der Waals surface area (Å²) in [6.45, 7) is 3.98. The third-order valence-corrected chi connectivity index (χ3v) is 3.33. The SMILES string of the molecule is Cc1nn(CC(=O)N2CC(O)C(O)C2)c(C)c1N. The number of nitrogen functional groups attached to an aromatic ring is 1. The Morgan fingerprint density at radius 1 is 1.39 bits per heavy atom. The number of carbonyl (C=O) groups excluding carboxylic acids is 1. The highest BCUT2D eigenvalue weighted by Crippen LogP contribution is 2.16. The molecule has 0 aromatic carbocycles. The van der Waals surface area contributed by atoms with Gasteiger partial charge in [0.15, 0.2) is 0 Å². The van der Waals surface area contributed by atoms with E-state index in [1.165, 1.54) is 4.90 Å². The molecule has 7 nitrogen and oxygen atoms in total. The second-order valence-electron chi connectivity index (χ2n) is 4.68. The Kier molecular flexibility index (Phi) is 3.27. The topological polar surface area (TPSA) is 105 Å². The Hall–Kier alpha value is -1.60. The average molecular weight is 254 g/mol. The van der Waals surface area contributed by atoms with Crippen LogP contribution in [0.25, 0.3) is 0 Å². The van der Waals surface area contributed by atoms with Crippen molar-refractivity contribution in [3.63, 3.8) is 0 Å². The Balaban J connectivity index is 2.06. The molecule has 1 amide bonds. The number of rotatable bonds is 2. The van der Waals surface area contributed by atoms with E-state index in [9.17, 15) is 15.0 Å². The summed E-state index contributed by atoms with van der Waals surface area (Å²) in [5, 5.41) is 23.0. The van der Waals surface area contributed by atoms with Crippen molar-refractivity contribution in [2.24, 2.45) is 0 Å². The average Bonchev–Trinajstić information content (AvgIpc) is 2.76. The summed E-state index contributed by atoms with van der Waals surface area (Å²) in [5.41, 5.74) is 7.82. The molecule has 1 fully saturated rings. The number of amides is 1. The molecule has 1 aromatic rings. The third-order valence-electron chi connectivity index (χ3n) is 3.33. The number of hydrogen-bond acceptors (Lipinski definition) is 5. The first-order valence-electron chi connectivity index (χ1n) is 5.83. The predicted octanol–water partition coefficient (Wildman–Crippen LogP) is -1.35. The van der Waals surface area contributed by atoms with E-state index >= 15 is 0 Å². The zero-order valence-electron chi connectivity index (χ0n) is 10.5. The minimum absolute atomic E-state index is 0.0727. The lowest BCUT2D eigenvalue weighted by molar-refractivity contribution is -0.131. The van der Waals surface area contributed by atoms with Crippen LogP contribution in [0.3, 0.4) is 0 Å². The van der Waals surface area contributed by atoms with Crippen LogP contribution in [0.1, 0.15) is 11.4 Å². The van der Waals surface area contributed by atoms with Gasteiger partial charge in [-0.1, -0.05) is 0 Å². The lowest BCUT2D eigenvalue weighted by Gasteiger charge is -2.15. The van der Waals surface area contributed by atoms with Crippen molar-refractivity contribution in [1.82, 2.24) is 14.7 Å². The smallest absolute Gasteiger partial charge is 0.244 e. The number of carbonyl (C=O) groups is 1. The van der Waals surface area contributed by atoms with Crippen LogP contribution >= 0.6 is 0 Å². The van der Waals surface area contributed by atoms with E-state index in [4.69, 9.17) is 5.73 Å². The summed E-state index contributed by atoms with van der Waals surface area (Å²) >= 11 is 0. The molecule has 0 spiro atoms. The first-order valence-corrected chi connectivity index (χ1v) is 5.83. The van der Waals surface area contributed by atoms with Gasteiger partial charge in [0.1, 0.15) is 6.54 Å². The van der Waals surface area contributed by atoms with Crippen LogP contribution in [0.2, 0.25) is 0 Å². The molecule has 2 rings (SSSR count). The number of nitrogens with two attached hydrogens (primary N) is 1. The first-order chi connectivity index (χ1) is 8.40. The Morgan fingerprint density at radius 2 is 1.94 bits per heavy atom. The minimum Gasteiger partial charge on any atom is -0.396 e. The number of aliphatic hydroxyl groups is 2. The molecule has 18 heavy (non-hydrogen) atoms. The van der Waals surface area contributed by atoms with Crippen LogP contribution in [0.4, 0.5) is 5.69 Å². The molecule has 0 bridgehead atoms. The first kappa shape index (κ1) is 12.8. The lowest BCUT2D eigenvalue weighted by atomic mass is 10.3. The molecule has 2 atom stereocenters. The zero-order chi connectivity index (χ0) is 13.4. The van der Waals surface area contributed by atoms with Crippen LogP contribution < -0.4 is 5.73 Å². The Labute approximate surface area is 105 Å². The molecule has 2 heterocycles. The highest BCUT2D eigenvalue weighted by molar-refractivity contribution is 5.76. The molecule has 0 radical (unpaired) electrons. The number of likely N-dealkylation sites (tertiary alicyclic amines) is 1. The fourth-order valence-corrected chi connectivity index (χ4v) is 2.07. The molecule has 100 valence electrons. The van der Waals surface area contributed by atoms with Crippen LogP contribution in [0.5, 0.6) is 0 Å². The number of aliphatic hydroxyl groups excluding tert-OH is 2. The number of anilines is 1. The molecule has 7 heteroatoms. The van der Waals surface area contributed by atoms with E-state index in [2.05, 4.69) is 5.10 Å². The van der Waals surface area contributed by atoms with Crippen molar-refractivity contribution < 1.29 is 15.0 Å². The molecule has 0 aliphatic carbocycles. The maximum atomic E-state index is 12.0. The number of aryl methyl sites for hydroxylation is 1. The Bertz CT molecular complexity index is 461. The monoisotopic (exact) mass is 254 g/mol. The highest BCUT2D eigenvalue weighted by atomic mass is 16.3. The summed E-state index contributed by atoms with van der Waals surface area (Å²) in [6, 6.07) is 0. The van der Waals surface area contributed by atoms with Gasteiger partial charge in [0.2, 0.25) is 5.91 Å². The number of aromatic nitrogens is 2. The van der Waals surface area contributed by atoms with Gasteiger partial charge in [0.25, 0.3) is 0 Å². The number of nitrogens with zero attached hydrogens (tertiary/aromatic N) is 3. The normalized spacial score (nSPS) is 23.7. The van der Waals surface area contributed by atoms with Crippen LogP contribution in [0.15, 0.2) is 0 Å². The zero-order valence-corrected chi connectivity index (χ0v) is 10.5. The van der Waals surface area contributed by atoms with Gasteiger partial charge in [0, 0.05) is 13.1 Å². The molecule has 1 saturated heterocycles. The number of β-amino-alcohol motifs (C(OH)–C–C–N with tert-alkyl or cyclic N) is 2. The van der Waals surface area contributed by atoms with E-state index in [1.54, 1.807) is 18.5 Å². The van der Waals surface area contributed by atoms with Crippen molar-refractivity contribution in [2.45, 2.75) is 32.6 Å². The predicted molar refractivity (Wildman–Crippen MR) is 64.7 cm³/mol. The molecule has 1 aliphatic rings. The van der Waals surface area contributed by atoms with Crippen LogP contribution in [-0.2, 0) is 11.3 Å². The molecular formula is C11H18N4O3. The summed E-state index contributed by atoms with van der Waals surface area (Å²) in [4.78, 5) is 13.4. The van der Waals surface area contributed by atoms with E-state index in [-0.39, 0.29) is 25.5 Å². The fraction of sp³-hybridized carbons (Fsp3) is 0.636. The van der Waals surface area contributed by atoms with E-state index < -0.39 is 12.2 Å². The van der Waals surface area contributed by atoms with Gasteiger partial charge in [0.05, 0.1) is 29.3 Å². The summed E-state index contributed by atoms with van der Waals surface area (Å²) in [6.07, 6.45) is -1.72. The largest absolute Gasteiger partial charge is 0.396 e. The van der Waals surface area contributed by atoms with Gasteiger partial charge in [-0.3, -0.25) is 9.48 Å².